The zero-order valence-electron chi connectivity index (χ0n) is 14.7. The fraction of sp³-hybridized carbons (Fsp3) is 0.867. The highest BCUT2D eigenvalue weighted by atomic mass is 33.1. The molecule has 0 aromatic rings. The Morgan fingerprint density at radius 1 is 1.12 bits per heavy atom. The van der Waals surface area contributed by atoms with Gasteiger partial charge in [0.05, 0.1) is 12.6 Å². The predicted octanol–water partition coefficient (Wildman–Crippen LogP) is 0.0881. The Morgan fingerprint density at radius 3 is 2.46 bits per heavy atom. The van der Waals surface area contributed by atoms with Gasteiger partial charge in [-0.3, -0.25) is 9.59 Å². The molecule has 0 aromatic heterocycles. The molecule has 0 aliphatic heterocycles. The molecule has 0 saturated carbocycles. The first-order valence-electron chi connectivity index (χ1n) is 8.42. The normalized spacial score (nSPS) is 13.3. The van der Waals surface area contributed by atoms with E-state index in [0.29, 0.717) is 19.5 Å². The van der Waals surface area contributed by atoms with Crippen LogP contribution >= 0.6 is 21.6 Å². The number of hydrogen-bond donors (Lipinski definition) is 5. The molecular formula is C15H32N4O3S2. The second-order valence-electron chi connectivity index (χ2n) is 5.32. The van der Waals surface area contributed by atoms with Crippen molar-refractivity contribution in [3.05, 3.63) is 0 Å². The number of carbonyl (C=O) groups excluding carboxylic acids is 2. The molecule has 0 saturated heterocycles. The summed E-state index contributed by atoms with van der Waals surface area (Å²) in [6.07, 6.45) is 2.29. The Morgan fingerprint density at radius 2 is 1.83 bits per heavy atom. The van der Waals surface area contributed by atoms with Crippen LogP contribution < -0.4 is 21.7 Å². The van der Waals surface area contributed by atoms with E-state index in [1.54, 1.807) is 28.6 Å². The van der Waals surface area contributed by atoms with Crippen LogP contribution in [0.5, 0.6) is 0 Å². The zero-order chi connectivity index (χ0) is 18.2. The fourth-order valence-electron chi connectivity index (χ4n) is 1.85. The number of amides is 2. The average molecular weight is 381 g/mol. The SMILES string of the molecule is CCCSSCCNC(=O)C(O)CNC(=O)C(CCCCN)NC. The second kappa shape index (κ2) is 16.0. The largest absolute Gasteiger partial charge is 0.381 e. The molecule has 0 fully saturated rings. The second-order valence-corrected chi connectivity index (χ2v) is 8.02. The van der Waals surface area contributed by atoms with E-state index in [4.69, 9.17) is 5.73 Å². The molecule has 2 atom stereocenters. The van der Waals surface area contributed by atoms with E-state index < -0.39 is 12.0 Å². The van der Waals surface area contributed by atoms with Crippen molar-refractivity contribution in [2.75, 3.05) is 38.2 Å². The van der Waals surface area contributed by atoms with Gasteiger partial charge in [-0.15, -0.1) is 0 Å². The van der Waals surface area contributed by atoms with E-state index in [2.05, 4.69) is 22.9 Å². The van der Waals surface area contributed by atoms with Crippen LogP contribution in [0.4, 0.5) is 0 Å². The quantitative estimate of drug-likeness (QED) is 0.202. The van der Waals surface area contributed by atoms with Crippen LogP contribution in [0.3, 0.4) is 0 Å². The molecule has 0 aromatic carbocycles. The highest BCUT2D eigenvalue weighted by Crippen LogP contribution is 2.20. The molecule has 7 nitrogen and oxygen atoms in total. The molecule has 2 amide bonds. The number of carbonyl (C=O) groups is 2. The maximum Gasteiger partial charge on any atom is 0.250 e. The van der Waals surface area contributed by atoms with Gasteiger partial charge in [-0.1, -0.05) is 34.9 Å². The van der Waals surface area contributed by atoms with Crippen LogP contribution in [0.1, 0.15) is 32.6 Å². The first-order chi connectivity index (χ1) is 11.6. The minimum atomic E-state index is -1.23. The van der Waals surface area contributed by atoms with Crippen LogP contribution in [0.15, 0.2) is 0 Å². The minimum Gasteiger partial charge on any atom is -0.381 e. The van der Waals surface area contributed by atoms with Crippen molar-refractivity contribution in [2.24, 2.45) is 5.73 Å². The van der Waals surface area contributed by atoms with Crippen molar-refractivity contribution in [3.8, 4) is 0 Å². The van der Waals surface area contributed by atoms with Gasteiger partial charge in [0.25, 0.3) is 5.91 Å². The summed E-state index contributed by atoms with van der Waals surface area (Å²) in [6.45, 7) is 3.14. The topological polar surface area (TPSA) is 116 Å². The van der Waals surface area contributed by atoms with Crippen molar-refractivity contribution in [3.63, 3.8) is 0 Å². The lowest BCUT2D eigenvalue weighted by atomic mass is 10.1. The van der Waals surface area contributed by atoms with Gasteiger partial charge < -0.3 is 26.8 Å². The predicted molar refractivity (Wildman–Crippen MR) is 103 cm³/mol. The third-order valence-corrected chi connectivity index (χ3v) is 5.85. The molecule has 142 valence electrons. The highest BCUT2D eigenvalue weighted by Gasteiger charge is 2.19. The van der Waals surface area contributed by atoms with E-state index >= 15 is 0 Å². The Bertz CT molecular complexity index is 349. The molecule has 0 rings (SSSR count). The Labute approximate surface area is 153 Å². The standard InChI is InChI=1S/C15H32N4O3S2/c1-3-9-23-24-10-8-18-15(22)13(20)11-19-14(21)12(17-2)6-4-5-7-16/h12-13,17,20H,3-11,16H2,1-2H3,(H,18,22)(H,19,21). The van der Waals surface area contributed by atoms with Gasteiger partial charge in [-0.25, -0.2) is 0 Å². The van der Waals surface area contributed by atoms with E-state index in [1.807, 2.05) is 0 Å². The maximum absolute atomic E-state index is 12.0. The Hall–Kier alpha value is -0.480. The molecule has 0 radical (unpaired) electrons. The van der Waals surface area contributed by atoms with Crippen LogP contribution in [0.25, 0.3) is 0 Å². The zero-order valence-corrected chi connectivity index (χ0v) is 16.3. The van der Waals surface area contributed by atoms with E-state index in [1.165, 1.54) is 0 Å². The van der Waals surface area contributed by atoms with Gasteiger partial charge >= 0.3 is 0 Å². The van der Waals surface area contributed by atoms with Crippen molar-refractivity contribution >= 4 is 33.4 Å². The summed E-state index contributed by atoms with van der Waals surface area (Å²) in [5, 5.41) is 18.0. The lowest BCUT2D eigenvalue weighted by Crippen LogP contribution is -2.48. The number of aliphatic hydroxyl groups excluding tert-OH is 1. The lowest BCUT2D eigenvalue weighted by molar-refractivity contribution is -0.130. The van der Waals surface area contributed by atoms with Crippen molar-refractivity contribution in [1.82, 2.24) is 16.0 Å². The summed E-state index contributed by atoms with van der Waals surface area (Å²) >= 11 is 0. The van der Waals surface area contributed by atoms with E-state index in [-0.39, 0.29) is 18.5 Å². The number of hydrogen-bond acceptors (Lipinski definition) is 7. The van der Waals surface area contributed by atoms with Crippen LogP contribution in [0, 0.1) is 0 Å². The van der Waals surface area contributed by atoms with Gasteiger partial charge in [-0.2, -0.15) is 0 Å². The number of nitrogens with one attached hydrogen (secondary N) is 3. The summed E-state index contributed by atoms with van der Waals surface area (Å²) < 4.78 is 0. The molecule has 24 heavy (non-hydrogen) atoms. The Kier molecular flexibility index (Phi) is 15.7. The van der Waals surface area contributed by atoms with Gasteiger partial charge in [-0.05, 0) is 32.9 Å². The van der Waals surface area contributed by atoms with Crippen LogP contribution in [-0.4, -0.2) is 67.3 Å². The van der Waals surface area contributed by atoms with Crippen molar-refractivity contribution < 1.29 is 14.7 Å². The summed E-state index contributed by atoms with van der Waals surface area (Å²) in [5.74, 6) is 1.21. The summed E-state index contributed by atoms with van der Waals surface area (Å²) in [4.78, 5) is 23.7. The molecule has 0 aliphatic rings. The van der Waals surface area contributed by atoms with Gasteiger partial charge in [0, 0.05) is 18.1 Å². The molecular weight excluding hydrogens is 348 g/mol. The molecule has 6 N–H and O–H groups in total. The van der Waals surface area contributed by atoms with Gasteiger partial charge in [0.15, 0.2) is 0 Å². The molecule has 0 aliphatic carbocycles. The first kappa shape index (κ1) is 23.5. The third kappa shape index (κ3) is 12.0. The van der Waals surface area contributed by atoms with Crippen molar-refractivity contribution in [1.29, 1.82) is 0 Å². The van der Waals surface area contributed by atoms with E-state index in [0.717, 1.165) is 30.8 Å². The smallest absolute Gasteiger partial charge is 0.250 e. The highest BCUT2D eigenvalue weighted by molar-refractivity contribution is 8.76. The molecule has 0 bridgehead atoms. The van der Waals surface area contributed by atoms with Gasteiger partial charge in [0.1, 0.15) is 6.10 Å². The van der Waals surface area contributed by atoms with Crippen molar-refractivity contribution in [2.45, 2.75) is 44.8 Å². The third-order valence-electron chi connectivity index (χ3n) is 3.24. The maximum atomic E-state index is 12.0. The fourth-order valence-corrected chi connectivity index (χ4v) is 3.89. The molecule has 9 heteroatoms. The number of unbranched alkanes of at least 4 members (excludes halogenated alkanes) is 1. The number of nitrogens with two attached hydrogens (primary N) is 1. The molecule has 0 spiro atoms. The summed E-state index contributed by atoms with van der Waals surface area (Å²) in [5.41, 5.74) is 5.44. The number of rotatable bonds is 15. The minimum absolute atomic E-state index is 0.0859. The lowest BCUT2D eigenvalue weighted by Gasteiger charge is -2.17. The monoisotopic (exact) mass is 380 g/mol. The molecule has 2 unspecified atom stereocenters. The number of aliphatic hydroxyl groups is 1. The average Bonchev–Trinajstić information content (AvgIpc) is 2.59. The number of likely N-dealkylation sites (N-methyl/N-ethyl adjacent to an activating group) is 1. The van der Waals surface area contributed by atoms with E-state index in [9.17, 15) is 14.7 Å². The van der Waals surface area contributed by atoms with Crippen LogP contribution in [0.2, 0.25) is 0 Å². The first-order valence-corrected chi connectivity index (χ1v) is 10.9. The summed E-state index contributed by atoms with van der Waals surface area (Å²) in [7, 11) is 5.18. The summed E-state index contributed by atoms with van der Waals surface area (Å²) in [6, 6.07) is -0.334. The Balaban J connectivity index is 3.89. The van der Waals surface area contributed by atoms with Gasteiger partial charge in [0.2, 0.25) is 5.91 Å². The molecule has 0 heterocycles. The van der Waals surface area contributed by atoms with Crippen LogP contribution in [-0.2, 0) is 9.59 Å².